The van der Waals surface area contributed by atoms with Gasteiger partial charge in [-0.25, -0.2) is 18.8 Å². The monoisotopic (exact) mass is 810 g/mol. The zero-order valence-corrected chi connectivity index (χ0v) is 34.1. The first-order valence-electron chi connectivity index (χ1n) is 20.5. The van der Waals surface area contributed by atoms with E-state index < -0.39 is 74.4 Å². The number of piperazine rings is 1. The third-order valence-corrected chi connectivity index (χ3v) is 13.2. The van der Waals surface area contributed by atoms with Crippen LogP contribution < -0.4 is 16.0 Å². The van der Waals surface area contributed by atoms with Gasteiger partial charge in [-0.05, 0) is 63.5 Å². The van der Waals surface area contributed by atoms with Crippen LogP contribution in [-0.4, -0.2) is 161 Å². The van der Waals surface area contributed by atoms with E-state index in [1.807, 2.05) is 4.90 Å². The molecule has 322 valence electrons. The third kappa shape index (κ3) is 9.30. The topological polar surface area (TPSA) is 179 Å². The van der Waals surface area contributed by atoms with Crippen molar-refractivity contribution in [2.24, 2.45) is 29.6 Å². The molecule has 1 saturated carbocycles. The van der Waals surface area contributed by atoms with Gasteiger partial charge in [-0.3, -0.25) is 15.0 Å². The molecule has 0 aromatic heterocycles. The van der Waals surface area contributed by atoms with Crippen LogP contribution in [0.4, 0.5) is 18.8 Å². The highest BCUT2D eigenvalue weighted by molar-refractivity contribution is 5.87. The minimum absolute atomic E-state index is 0.0214. The highest BCUT2D eigenvalue weighted by Gasteiger charge is 2.58. The van der Waals surface area contributed by atoms with Gasteiger partial charge in [0.1, 0.15) is 12.3 Å². The van der Waals surface area contributed by atoms with Crippen molar-refractivity contribution in [2.75, 3.05) is 60.6 Å². The number of hydrogen-bond acceptors (Lipinski definition) is 14. The molecular weight excluding hydrogens is 747 g/mol. The number of piperidine rings is 2. The second-order valence-corrected chi connectivity index (χ2v) is 16.7. The number of urea groups is 1. The van der Waals surface area contributed by atoms with Crippen LogP contribution in [0, 0.1) is 29.6 Å². The summed E-state index contributed by atoms with van der Waals surface area (Å²) in [5, 5.41) is 11.0. The maximum absolute atomic E-state index is 16.5. The van der Waals surface area contributed by atoms with E-state index >= 15 is 9.18 Å². The molecule has 18 heteroatoms. The molecular formula is C39H63FN6O11. The fraction of sp³-hybridized carbons (Fsp3) is 0.846. The third-order valence-electron chi connectivity index (χ3n) is 13.2. The molecule has 6 aliphatic rings. The van der Waals surface area contributed by atoms with Gasteiger partial charge in [-0.1, -0.05) is 27.4 Å². The van der Waals surface area contributed by atoms with E-state index in [1.165, 1.54) is 20.3 Å². The molecule has 0 spiro atoms. The van der Waals surface area contributed by atoms with Crippen LogP contribution in [-0.2, 0) is 38.0 Å². The molecule has 17 nitrogen and oxygen atoms in total. The quantitative estimate of drug-likeness (QED) is 0.176. The van der Waals surface area contributed by atoms with Gasteiger partial charge in [-0.15, -0.1) is 0 Å². The van der Waals surface area contributed by atoms with Gasteiger partial charge in [0.15, 0.2) is 13.6 Å². The largest absolute Gasteiger partial charge is 0.510 e. The molecule has 5 aliphatic heterocycles. The van der Waals surface area contributed by atoms with Gasteiger partial charge in [0.2, 0.25) is 5.91 Å². The first-order valence-corrected chi connectivity index (χ1v) is 20.5. The predicted octanol–water partition coefficient (Wildman–Crippen LogP) is 2.79. The highest BCUT2D eigenvalue weighted by Crippen LogP contribution is 2.45. The minimum Gasteiger partial charge on any atom is -0.438 e. The Morgan fingerprint density at radius 1 is 1.00 bits per heavy atom. The first-order chi connectivity index (χ1) is 27.4. The molecule has 3 N–H and O–H groups in total. The fourth-order valence-corrected chi connectivity index (χ4v) is 10.6. The van der Waals surface area contributed by atoms with Gasteiger partial charge < -0.3 is 53.6 Å². The van der Waals surface area contributed by atoms with E-state index in [0.29, 0.717) is 58.3 Å². The number of hydrogen-bond donors (Lipinski definition) is 3. The SMILES string of the molecule is C=CC(=O)N1CCN(C2NC(=O)N3C4NC(C(C)CC42)C2C(F)CCCC2OCC(OCOC(=O)OC)C(OCOC(=O)OC)C2CCNC(C(C)C)C23)[C@@H](C)C1. The molecule has 6 rings (SSSR count). The first kappa shape index (κ1) is 43.3. The lowest BCUT2D eigenvalue weighted by atomic mass is 9.69. The van der Waals surface area contributed by atoms with Crippen LogP contribution in [0.15, 0.2) is 12.7 Å². The smallest absolute Gasteiger partial charge is 0.438 e. The number of alkyl halides is 1. The number of amides is 3. The Balaban J connectivity index is 1.44. The average molecular weight is 811 g/mol. The maximum Gasteiger partial charge on any atom is 0.510 e. The van der Waals surface area contributed by atoms with Gasteiger partial charge in [0, 0.05) is 55.5 Å². The predicted molar refractivity (Wildman–Crippen MR) is 202 cm³/mol. The van der Waals surface area contributed by atoms with E-state index in [2.05, 4.69) is 59.9 Å². The molecule has 5 heterocycles. The molecule has 57 heavy (non-hydrogen) atoms. The highest BCUT2D eigenvalue weighted by atomic mass is 19.1. The van der Waals surface area contributed by atoms with E-state index in [1.54, 1.807) is 4.90 Å². The van der Waals surface area contributed by atoms with Gasteiger partial charge in [0.25, 0.3) is 0 Å². The summed E-state index contributed by atoms with van der Waals surface area (Å²) < 4.78 is 55.7. The van der Waals surface area contributed by atoms with E-state index in [0.717, 1.165) is 0 Å². The number of rotatable bonds is 9. The van der Waals surface area contributed by atoms with Crippen LogP contribution in [0.2, 0.25) is 0 Å². The van der Waals surface area contributed by atoms with Crippen molar-refractivity contribution in [1.29, 1.82) is 0 Å². The summed E-state index contributed by atoms with van der Waals surface area (Å²) in [4.78, 5) is 57.8. The zero-order valence-electron chi connectivity index (χ0n) is 34.1. The van der Waals surface area contributed by atoms with E-state index in [9.17, 15) is 14.4 Å². The van der Waals surface area contributed by atoms with Gasteiger partial charge in [-0.2, -0.15) is 0 Å². The lowest BCUT2D eigenvalue weighted by molar-refractivity contribution is -0.209. The molecule has 1 aliphatic carbocycles. The Bertz CT molecular complexity index is 1430. The molecule has 13 unspecified atom stereocenters. The molecule has 14 atom stereocenters. The molecule has 3 amide bonds. The van der Waals surface area contributed by atoms with Crippen LogP contribution >= 0.6 is 0 Å². The van der Waals surface area contributed by atoms with E-state index in [4.69, 9.17) is 28.4 Å². The summed E-state index contributed by atoms with van der Waals surface area (Å²) in [6.07, 6.45) is -1.95. The number of ether oxygens (including phenoxy) is 7. The molecule has 0 aromatic rings. The summed E-state index contributed by atoms with van der Waals surface area (Å²) in [6.45, 7) is 13.2. The van der Waals surface area contributed by atoms with Crippen molar-refractivity contribution < 1.29 is 56.7 Å². The Morgan fingerprint density at radius 3 is 2.39 bits per heavy atom. The van der Waals surface area contributed by atoms with Crippen molar-refractivity contribution in [3.63, 3.8) is 0 Å². The second kappa shape index (κ2) is 19.2. The number of halogens is 1. The van der Waals surface area contributed by atoms with Crippen LogP contribution in [0.5, 0.6) is 0 Å². The van der Waals surface area contributed by atoms with Crippen LogP contribution in [0.25, 0.3) is 0 Å². The molecule has 2 bridgehead atoms. The number of carbonyl (C=O) groups is 4. The van der Waals surface area contributed by atoms with Crippen molar-refractivity contribution in [1.82, 2.24) is 30.7 Å². The minimum atomic E-state index is -1.16. The van der Waals surface area contributed by atoms with Crippen LogP contribution in [0.1, 0.15) is 59.8 Å². The summed E-state index contributed by atoms with van der Waals surface area (Å²) in [5.41, 5.74) is 0. The van der Waals surface area contributed by atoms with E-state index in [-0.39, 0.29) is 60.6 Å². The summed E-state index contributed by atoms with van der Waals surface area (Å²) in [6, 6.07) is -1.38. The fourth-order valence-electron chi connectivity index (χ4n) is 10.6. The van der Waals surface area contributed by atoms with Crippen molar-refractivity contribution >= 4 is 24.2 Å². The average Bonchev–Trinajstić information content (AvgIpc) is 3.19. The summed E-state index contributed by atoms with van der Waals surface area (Å²) in [5.74, 6) is -1.12. The Morgan fingerprint density at radius 2 is 1.72 bits per heavy atom. The zero-order chi connectivity index (χ0) is 41.0. The number of carbonyl (C=O) groups excluding carboxylic acids is 4. The second-order valence-electron chi connectivity index (χ2n) is 16.7. The standard InChI is InChI=1S/C39H63FN6O11/c1-8-29(47)44-14-15-45(23(5)17-44)35-25-16-22(4)32-30-26(40)10-9-11-27(30)53-18-28(54-19-56-38(49)51-6)34(55-20-57-39(50)52-7)24-12-13-41-31(21(2)3)33(24)46(36(25)42-32)37(48)43-35/h8,21-28,30-36,41-42H,1,9-20H2,2-7H3,(H,43,48)/t22?,23-,24?,25?,26?,27?,28?,30?,31?,32?,33?,34?,35?,36?/m0/s1. The number of nitrogens with zero attached hydrogens (tertiary/aromatic N) is 3. The molecule has 0 radical (unpaired) electrons. The van der Waals surface area contributed by atoms with Crippen molar-refractivity contribution in [3.05, 3.63) is 12.7 Å². The molecule has 6 fully saturated rings. The van der Waals surface area contributed by atoms with Crippen molar-refractivity contribution in [3.8, 4) is 0 Å². The number of methoxy groups -OCH3 is 2. The summed E-state index contributed by atoms with van der Waals surface area (Å²) >= 11 is 0. The maximum atomic E-state index is 16.5. The number of nitrogens with one attached hydrogen (secondary N) is 3. The normalized spacial score (nSPS) is 38.6. The van der Waals surface area contributed by atoms with Gasteiger partial charge in [0.05, 0.1) is 51.4 Å². The Kier molecular flexibility index (Phi) is 14.6. The Hall–Kier alpha value is -3.29. The summed E-state index contributed by atoms with van der Waals surface area (Å²) in [7, 11) is 2.39. The van der Waals surface area contributed by atoms with Gasteiger partial charge >= 0.3 is 18.3 Å². The number of fused-ring (bicyclic) bond motifs is 5. The lowest BCUT2D eigenvalue weighted by Crippen LogP contribution is -2.80. The lowest BCUT2D eigenvalue weighted by Gasteiger charge is -2.61. The van der Waals surface area contributed by atoms with Crippen LogP contribution in [0.3, 0.4) is 0 Å². The van der Waals surface area contributed by atoms with Crippen molar-refractivity contribution in [2.45, 2.75) is 121 Å². The molecule has 5 saturated heterocycles. The Labute approximate surface area is 334 Å². The molecule has 0 aromatic carbocycles.